The zero-order valence-electron chi connectivity index (χ0n) is 20.6. The average Bonchev–Trinajstić information content (AvgIpc) is 2.82. The lowest BCUT2D eigenvalue weighted by atomic mass is 9.86. The minimum absolute atomic E-state index is 0.0228. The van der Waals surface area contributed by atoms with Crippen LogP contribution in [0, 0.1) is 5.92 Å². The molecule has 0 bridgehead atoms. The molecule has 2 aromatic rings. The van der Waals surface area contributed by atoms with Gasteiger partial charge in [-0.15, -0.1) is 13.2 Å². The summed E-state index contributed by atoms with van der Waals surface area (Å²) in [5.74, 6) is -1.17. The van der Waals surface area contributed by atoms with Crippen molar-refractivity contribution in [1.29, 1.82) is 0 Å². The molecule has 0 saturated heterocycles. The molecule has 1 aliphatic rings. The topological polar surface area (TPSA) is 51.2 Å². The van der Waals surface area contributed by atoms with E-state index in [1.54, 1.807) is 0 Å². The predicted octanol–water partition coefficient (Wildman–Crippen LogP) is 7.54. The number of ether oxygens (including phenoxy) is 3. The van der Waals surface area contributed by atoms with Crippen LogP contribution in [0.3, 0.4) is 0 Å². The number of benzene rings is 2. The summed E-state index contributed by atoms with van der Waals surface area (Å²) in [7, 11) is 0. The minimum Gasteiger partial charge on any atom is -0.457 e. The third-order valence-corrected chi connectivity index (χ3v) is 6.02. The smallest absolute Gasteiger partial charge is 0.457 e. The first-order valence-electron chi connectivity index (χ1n) is 12.0. The Morgan fingerprint density at radius 3 is 2.12 bits per heavy atom. The third kappa shape index (κ3) is 9.61. The van der Waals surface area contributed by atoms with Crippen molar-refractivity contribution in [2.45, 2.75) is 63.0 Å². The molecule has 0 aliphatic heterocycles. The second-order valence-corrected chi connectivity index (χ2v) is 9.22. The summed E-state index contributed by atoms with van der Waals surface area (Å²) in [5, 5.41) is 9.73. The lowest BCUT2D eigenvalue weighted by molar-refractivity contribution is -0.322. The Labute approximate surface area is 222 Å². The van der Waals surface area contributed by atoms with Gasteiger partial charge in [0.2, 0.25) is 0 Å². The second-order valence-electron chi connectivity index (χ2n) is 9.22. The molecule has 224 valence electrons. The van der Waals surface area contributed by atoms with Crippen LogP contribution in [0.25, 0.3) is 0 Å². The maximum absolute atomic E-state index is 13.4. The Kier molecular flexibility index (Phi) is 10.0. The highest BCUT2D eigenvalue weighted by Crippen LogP contribution is 2.36. The van der Waals surface area contributed by atoms with Gasteiger partial charge in [0, 0.05) is 24.4 Å². The summed E-state index contributed by atoms with van der Waals surface area (Å²) in [5.41, 5.74) is 0.115. The van der Waals surface area contributed by atoms with E-state index < -0.39 is 55.5 Å². The molecular weight excluding hydrogens is 568 g/mol. The SMILES string of the molecule is OC(CN(CC1CCCC(OC(F)(F)C(F)F)C1)c1cccc(Oc2cccc(OC(F)(F)F)c2)c1)C(F)(F)F. The van der Waals surface area contributed by atoms with Crippen molar-refractivity contribution in [3.05, 3.63) is 48.5 Å². The molecule has 3 rings (SSSR count). The van der Waals surface area contributed by atoms with E-state index >= 15 is 0 Å². The van der Waals surface area contributed by atoms with Gasteiger partial charge in [0.25, 0.3) is 0 Å². The zero-order valence-corrected chi connectivity index (χ0v) is 20.6. The van der Waals surface area contributed by atoms with E-state index in [-0.39, 0.29) is 36.6 Å². The normalized spacial score (nSPS) is 19.4. The second kappa shape index (κ2) is 12.7. The largest absolute Gasteiger partial charge is 0.573 e. The Balaban J connectivity index is 1.79. The van der Waals surface area contributed by atoms with Gasteiger partial charge in [-0.05, 0) is 49.4 Å². The van der Waals surface area contributed by atoms with Gasteiger partial charge in [-0.3, -0.25) is 0 Å². The molecule has 0 heterocycles. The summed E-state index contributed by atoms with van der Waals surface area (Å²) in [6.07, 6.45) is -22.1. The molecule has 1 aliphatic carbocycles. The first-order chi connectivity index (χ1) is 18.5. The van der Waals surface area contributed by atoms with Crippen LogP contribution in [0.5, 0.6) is 17.2 Å². The van der Waals surface area contributed by atoms with E-state index in [1.807, 2.05) is 0 Å². The molecule has 3 atom stereocenters. The quantitative estimate of drug-likeness (QED) is 0.273. The summed E-state index contributed by atoms with van der Waals surface area (Å²) in [4.78, 5) is 1.15. The van der Waals surface area contributed by atoms with Gasteiger partial charge < -0.3 is 24.2 Å². The zero-order chi connectivity index (χ0) is 29.7. The standard InChI is InChI=1S/C25H25F10NO4/c26-22(27)24(31,32)39-19-8-1-4-15(10-19)13-36(14-21(37)23(28,29)30)16-5-2-6-17(11-16)38-18-7-3-9-20(12-18)40-25(33,34)35/h2-3,5-7,9,11-12,15,19,21-22,37H,1,4,8,10,13-14H2. The summed E-state index contributed by atoms with van der Waals surface area (Å²) in [6, 6.07) is 9.98. The first kappa shape index (κ1) is 31.6. The molecule has 0 radical (unpaired) electrons. The summed E-state index contributed by atoms with van der Waals surface area (Å²) < 4.78 is 143. The summed E-state index contributed by atoms with van der Waals surface area (Å²) >= 11 is 0. The molecule has 2 aromatic carbocycles. The maximum atomic E-state index is 13.4. The molecule has 0 amide bonds. The fraction of sp³-hybridized carbons (Fsp3) is 0.520. The van der Waals surface area contributed by atoms with Crippen molar-refractivity contribution in [3.8, 4) is 17.2 Å². The molecule has 1 saturated carbocycles. The number of aliphatic hydroxyl groups excluding tert-OH is 1. The van der Waals surface area contributed by atoms with Crippen LogP contribution in [-0.2, 0) is 4.74 Å². The lowest BCUT2D eigenvalue weighted by Gasteiger charge is -2.36. The van der Waals surface area contributed by atoms with E-state index in [9.17, 15) is 49.0 Å². The number of hydrogen-bond donors (Lipinski definition) is 1. The Morgan fingerprint density at radius 1 is 0.875 bits per heavy atom. The lowest BCUT2D eigenvalue weighted by Crippen LogP contribution is -2.44. The fourth-order valence-corrected chi connectivity index (χ4v) is 4.31. The average molecular weight is 593 g/mol. The number of anilines is 1. The van der Waals surface area contributed by atoms with Gasteiger partial charge >= 0.3 is 25.1 Å². The Bertz CT molecular complexity index is 1100. The molecule has 1 N–H and O–H groups in total. The summed E-state index contributed by atoms with van der Waals surface area (Å²) in [6.45, 7) is -1.12. The molecule has 40 heavy (non-hydrogen) atoms. The molecule has 0 spiro atoms. The number of alkyl halides is 10. The van der Waals surface area contributed by atoms with Crippen molar-refractivity contribution >= 4 is 5.69 Å². The fourth-order valence-electron chi connectivity index (χ4n) is 4.31. The van der Waals surface area contributed by atoms with Gasteiger partial charge in [0.15, 0.2) is 6.10 Å². The highest BCUT2D eigenvalue weighted by molar-refractivity contribution is 5.52. The predicted molar refractivity (Wildman–Crippen MR) is 122 cm³/mol. The van der Waals surface area contributed by atoms with Crippen molar-refractivity contribution in [3.63, 3.8) is 0 Å². The van der Waals surface area contributed by atoms with Gasteiger partial charge in [0.1, 0.15) is 17.2 Å². The van der Waals surface area contributed by atoms with Crippen LogP contribution in [0.2, 0.25) is 0 Å². The number of aliphatic hydroxyl groups is 1. The van der Waals surface area contributed by atoms with Crippen molar-refractivity contribution in [1.82, 2.24) is 0 Å². The van der Waals surface area contributed by atoms with E-state index in [2.05, 4.69) is 9.47 Å². The van der Waals surface area contributed by atoms with Crippen LogP contribution >= 0.6 is 0 Å². The molecule has 0 aromatic heterocycles. The highest BCUT2D eigenvalue weighted by Gasteiger charge is 2.45. The Hall–Kier alpha value is -2.94. The van der Waals surface area contributed by atoms with Crippen molar-refractivity contribution in [2.75, 3.05) is 18.0 Å². The molecular formula is C25H25F10NO4. The maximum Gasteiger partial charge on any atom is 0.573 e. The Morgan fingerprint density at radius 2 is 1.50 bits per heavy atom. The minimum atomic E-state index is -4.98. The molecule has 1 fully saturated rings. The third-order valence-electron chi connectivity index (χ3n) is 6.02. The van der Waals surface area contributed by atoms with Gasteiger partial charge in [0.05, 0.1) is 12.6 Å². The molecule has 15 heteroatoms. The van der Waals surface area contributed by atoms with Crippen molar-refractivity contribution < 1.29 is 63.2 Å². The number of hydrogen-bond acceptors (Lipinski definition) is 5. The monoisotopic (exact) mass is 593 g/mol. The van der Waals surface area contributed by atoms with Gasteiger partial charge in [-0.2, -0.15) is 22.0 Å². The van der Waals surface area contributed by atoms with Crippen molar-refractivity contribution in [2.24, 2.45) is 5.92 Å². The van der Waals surface area contributed by atoms with Gasteiger partial charge in [-0.1, -0.05) is 18.6 Å². The molecule has 5 nitrogen and oxygen atoms in total. The van der Waals surface area contributed by atoms with Gasteiger partial charge in [-0.25, -0.2) is 8.78 Å². The van der Waals surface area contributed by atoms with E-state index in [0.29, 0.717) is 12.8 Å². The van der Waals surface area contributed by atoms with Crippen LogP contribution < -0.4 is 14.4 Å². The van der Waals surface area contributed by atoms with E-state index in [1.165, 1.54) is 36.4 Å². The van der Waals surface area contributed by atoms with Crippen LogP contribution in [0.15, 0.2) is 48.5 Å². The van der Waals surface area contributed by atoms with Crippen LogP contribution in [0.4, 0.5) is 49.6 Å². The highest BCUT2D eigenvalue weighted by atomic mass is 19.4. The van der Waals surface area contributed by atoms with Crippen LogP contribution in [0.1, 0.15) is 25.7 Å². The molecule has 3 unspecified atom stereocenters. The number of nitrogens with zero attached hydrogens (tertiary/aromatic N) is 1. The number of rotatable bonds is 11. The number of halogens is 10. The van der Waals surface area contributed by atoms with Crippen LogP contribution in [-0.4, -0.2) is 55.5 Å². The van der Waals surface area contributed by atoms with E-state index in [0.717, 1.165) is 17.0 Å². The first-order valence-corrected chi connectivity index (χ1v) is 12.0. The van der Waals surface area contributed by atoms with E-state index in [4.69, 9.17) is 4.74 Å².